The van der Waals surface area contributed by atoms with Crippen molar-refractivity contribution in [3.63, 3.8) is 0 Å². The lowest BCUT2D eigenvalue weighted by atomic mass is 10.2. The number of hydrogen-bond acceptors (Lipinski definition) is 3. The van der Waals surface area contributed by atoms with E-state index in [9.17, 15) is 9.00 Å². The second-order valence-corrected chi connectivity index (χ2v) is 8.22. The lowest BCUT2D eigenvalue weighted by Crippen LogP contribution is -2.43. The fourth-order valence-electron chi connectivity index (χ4n) is 3.72. The Hall–Kier alpha value is -1.40. The van der Waals surface area contributed by atoms with Crippen molar-refractivity contribution in [3.05, 3.63) is 29.8 Å². The number of carbonyl (C=O) groups excluding carboxylic acids is 1. The molecule has 2 unspecified atom stereocenters. The Labute approximate surface area is 146 Å². The van der Waals surface area contributed by atoms with E-state index >= 15 is 0 Å². The molecule has 1 aliphatic heterocycles. The number of likely N-dealkylation sites (tertiary alicyclic amines) is 1. The molecule has 1 aromatic rings. The van der Waals surface area contributed by atoms with Crippen LogP contribution in [0.3, 0.4) is 0 Å². The average molecular weight is 350 g/mol. The molecule has 2 aliphatic rings. The monoisotopic (exact) mass is 349 g/mol. The zero-order valence-corrected chi connectivity index (χ0v) is 15.1. The maximum Gasteiger partial charge on any atom is 0.315 e. The van der Waals surface area contributed by atoms with E-state index in [4.69, 9.17) is 0 Å². The van der Waals surface area contributed by atoms with Gasteiger partial charge >= 0.3 is 6.03 Å². The molecule has 132 valence electrons. The summed E-state index contributed by atoms with van der Waals surface area (Å²) in [5, 5.41) is 6.01. The van der Waals surface area contributed by atoms with E-state index in [1.165, 1.54) is 25.7 Å². The molecule has 5 nitrogen and oxygen atoms in total. The molecular formula is C18H27N3O2S. The van der Waals surface area contributed by atoms with Crippen molar-refractivity contribution < 1.29 is 9.00 Å². The smallest absolute Gasteiger partial charge is 0.315 e. The quantitative estimate of drug-likeness (QED) is 0.857. The molecule has 1 aromatic carbocycles. The van der Waals surface area contributed by atoms with Crippen molar-refractivity contribution in [2.24, 2.45) is 0 Å². The van der Waals surface area contributed by atoms with Gasteiger partial charge in [-0.05, 0) is 37.0 Å². The van der Waals surface area contributed by atoms with Gasteiger partial charge < -0.3 is 10.6 Å². The predicted molar refractivity (Wildman–Crippen MR) is 96.4 cm³/mol. The number of carbonyl (C=O) groups is 1. The molecule has 24 heavy (non-hydrogen) atoms. The summed E-state index contributed by atoms with van der Waals surface area (Å²) in [5.41, 5.74) is 1.01. The Morgan fingerprint density at radius 3 is 2.58 bits per heavy atom. The first-order valence-corrected chi connectivity index (χ1v) is 10.4. The zero-order valence-electron chi connectivity index (χ0n) is 14.3. The molecule has 2 amide bonds. The summed E-state index contributed by atoms with van der Waals surface area (Å²) >= 11 is 0. The zero-order chi connectivity index (χ0) is 16.9. The Kier molecular flexibility index (Phi) is 5.89. The van der Waals surface area contributed by atoms with Gasteiger partial charge in [0.25, 0.3) is 0 Å². The van der Waals surface area contributed by atoms with Gasteiger partial charge in [0.2, 0.25) is 0 Å². The van der Waals surface area contributed by atoms with Gasteiger partial charge in [0, 0.05) is 53.7 Å². The molecule has 0 aromatic heterocycles. The molecule has 3 rings (SSSR count). The maximum absolute atomic E-state index is 12.1. The van der Waals surface area contributed by atoms with Gasteiger partial charge in [-0.3, -0.25) is 9.11 Å². The molecule has 2 atom stereocenters. The summed E-state index contributed by atoms with van der Waals surface area (Å²) in [7, 11) is -0.962. The summed E-state index contributed by atoms with van der Waals surface area (Å²) in [6.45, 7) is 2.57. The topological polar surface area (TPSA) is 61.4 Å². The van der Waals surface area contributed by atoms with Gasteiger partial charge in [0.05, 0.1) is 0 Å². The third-order valence-electron chi connectivity index (χ3n) is 5.10. The number of benzene rings is 1. The van der Waals surface area contributed by atoms with Crippen molar-refractivity contribution in [1.29, 1.82) is 0 Å². The van der Waals surface area contributed by atoms with Gasteiger partial charge in [-0.25, -0.2) is 4.79 Å². The highest BCUT2D eigenvalue weighted by molar-refractivity contribution is 7.84. The highest BCUT2D eigenvalue weighted by Crippen LogP contribution is 2.26. The Bertz CT molecular complexity index is 584. The van der Waals surface area contributed by atoms with Crippen LogP contribution in [0.5, 0.6) is 0 Å². The normalized spacial score (nSPS) is 23.3. The molecule has 1 saturated heterocycles. The fourth-order valence-corrected chi connectivity index (χ4v) is 4.24. The van der Waals surface area contributed by atoms with Crippen LogP contribution < -0.4 is 10.6 Å². The van der Waals surface area contributed by atoms with E-state index in [1.807, 2.05) is 24.3 Å². The second-order valence-electron chi connectivity index (χ2n) is 6.84. The second kappa shape index (κ2) is 8.12. The Balaban J connectivity index is 1.40. The van der Waals surface area contributed by atoms with Crippen LogP contribution >= 0.6 is 0 Å². The van der Waals surface area contributed by atoms with E-state index < -0.39 is 10.8 Å². The molecule has 6 heteroatoms. The van der Waals surface area contributed by atoms with Crippen LogP contribution in [0.2, 0.25) is 0 Å². The van der Waals surface area contributed by atoms with E-state index in [0.29, 0.717) is 6.54 Å². The lowest BCUT2D eigenvalue weighted by molar-refractivity contribution is 0.227. The van der Waals surface area contributed by atoms with E-state index in [0.717, 1.165) is 36.0 Å². The number of nitrogens with zero attached hydrogens (tertiary/aromatic N) is 1. The van der Waals surface area contributed by atoms with Crippen molar-refractivity contribution >= 4 is 16.8 Å². The predicted octanol–water partition coefficient (Wildman–Crippen LogP) is 2.24. The molecule has 0 radical (unpaired) electrons. The first-order valence-electron chi connectivity index (χ1n) is 8.82. The lowest BCUT2D eigenvalue weighted by Gasteiger charge is -2.23. The molecule has 1 heterocycles. The first kappa shape index (κ1) is 17.4. The van der Waals surface area contributed by atoms with E-state index in [1.54, 1.807) is 6.26 Å². The number of amides is 2. The van der Waals surface area contributed by atoms with Crippen LogP contribution in [0.15, 0.2) is 29.2 Å². The standard InChI is InChI=1S/C18H27N3O2S/c1-24(23)17-8-6-14(7-9-17)12-19-18(22)20-15-10-11-21(13-15)16-4-2-3-5-16/h6-9,15-16H,2-5,10-13H2,1H3,(H2,19,20,22). The van der Waals surface area contributed by atoms with Gasteiger partial charge in [-0.2, -0.15) is 0 Å². The van der Waals surface area contributed by atoms with Crippen LogP contribution in [0.25, 0.3) is 0 Å². The van der Waals surface area contributed by atoms with Crippen molar-refractivity contribution in [1.82, 2.24) is 15.5 Å². The van der Waals surface area contributed by atoms with E-state index in [-0.39, 0.29) is 12.1 Å². The Morgan fingerprint density at radius 1 is 1.21 bits per heavy atom. The molecule has 0 spiro atoms. The number of urea groups is 1. The molecule has 2 N–H and O–H groups in total. The van der Waals surface area contributed by atoms with Gasteiger partial charge in [-0.1, -0.05) is 25.0 Å². The van der Waals surface area contributed by atoms with Gasteiger partial charge in [0.15, 0.2) is 0 Å². The fraction of sp³-hybridized carbons (Fsp3) is 0.611. The van der Waals surface area contributed by atoms with Crippen molar-refractivity contribution in [3.8, 4) is 0 Å². The third kappa shape index (κ3) is 4.57. The molecule has 0 bridgehead atoms. The van der Waals surface area contributed by atoms with E-state index in [2.05, 4.69) is 15.5 Å². The SMILES string of the molecule is CS(=O)c1ccc(CNC(=O)NC2CCN(C3CCCC3)C2)cc1. The third-order valence-corrected chi connectivity index (χ3v) is 6.04. The summed E-state index contributed by atoms with van der Waals surface area (Å²) in [6, 6.07) is 8.42. The number of hydrogen-bond donors (Lipinski definition) is 2. The van der Waals surface area contributed by atoms with Crippen LogP contribution in [0, 0.1) is 0 Å². The largest absolute Gasteiger partial charge is 0.334 e. The van der Waals surface area contributed by atoms with Crippen LogP contribution in [-0.2, 0) is 17.3 Å². The average Bonchev–Trinajstić information content (AvgIpc) is 3.24. The number of nitrogens with one attached hydrogen (secondary N) is 2. The molecule has 2 fully saturated rings. The van der Waals surface area contributed by atoms with Crippen molar-refractivity contribution in [2.45, 2.75) is 55.6 Å². The minimum atomic E-state index is -0.962. The van der Waals surface area contributed by atoms with Gasteiger partial charge in [0.1, 0.15) is 0 Å². The molecule has 1 aliphatic carbocycles. The highest BCUT2D eigenvalue weighted by Gasteiger charge is 2.30. The maximum atomic E-state index is 12.1. The first-order chi connectivity index (χ1) is 11.6. The molecular weight excluding hydrogens is 322 g/mol. The summed E-state index contributed by atoms with van der Waals surface area (Å²) in [5.74, 6) is 0. The summed E-state index contributed by atoms with van der Waals surface area (Å²) in [6.07, 6.45) is 8.04. The van der Waals surface area contributed by atoms with Crippen LogP contribution in [0.1, 0.15) is 37.7 Å². The minimum absolute atomic E-state index is 0.101. The molecule has 1 saturated carbocycles. The van der Waals surface area contributed by atoms with Crippen molar-refractivity contribution in [2.75, 3.05) is 19.3 Å². The van der Waals surface area contributed by atoms with Crippen LogP contribution in [-0.4, -0.2) is 46.6 Å². The highest BCUT2D eigenvalue weighted by atomic mass is 32.2. The van der Waals surface area contributed by atoms with Crippen LogP contribution in [0.4, 0.5) is 4.79 Å². The Morgan fingerprint density at radius 2 is 1.92 bits per heavy atom. The number of rotatable bonds is 5. The summed E-state index contributed by atoms with van der Waals surface area (Å²) in [4.78, 5) is 15.4. The minimum Gasteiger partial charge on any atom is -0.334 e. The summed E-state index contributed by atoms with van der Waals surface area (Å²) < 4.78 is 11.4. The van der Waals surface area contributed by atoms with Gasteiger partial charge in [-0.15, -0.1) is 0 Å².